The lowest BCUT2D eigenvalue weighted by atomic mass is 9.58. The van der Waals surface area contributed by atoms with Crippen LogP contribution in [0.5, 0.6) is 0 Å². The van der Waals surface area contributed by atoms with Crippen molar-refractivity contribution < 1.29 is 53.6 Å². The smallest absolute Gasteiger partial charge is 0.339 e. The van der Waals surface area contributed by atoms with Gasteiger partial charge in [0.2, 0.25) is 23.0 Å². The summed E-state index contributed by atoms with van der Waals surface area (Å²) in [5.74, 6) is -8.81. The number of carbonyl (C=O) groups excluding carboxylic acids is 6. The number of ketones is 4. The lowest BCUT2D eigenvalue weighted by Crippen LogP contribution is -2.84. The van der Waals surface area contributed by atoms with E-state index in [9.17, 15) is 24.9 Å². The van der Waals surface area contributed by atoms with Gasteiger partial charge in [0.15, 0.2) is 5.78 Å². The van der Waals surface area contributed by atoms with Crippen molar-refractivity contribution in [1.29, 1.82) is 0 Å². The van der Waals surface area contributed by atoms with Crippen molar-refractivity contribution in [2.75, 3.05) is 6.61 Å². The first kappa shape index (κ1) is 41.8. The van der Waals surface area contributed by atoms with Crippen molar-refractivity contribution in [3.05, 3.63) is 179 Å². The van der Waals surface area contributed by atoms with Crippen LogP contribution in [0.1, 0.15) is 84.4 Å². The van der Waals surface area contributed by atoms with Gasteiger partial charge in [0.05, 0.1) is 17.7 Å². The molecule has 4 atom stereocenters. The molecule has 0 amide bonds. The SMILES string of the molecule is CCCCCC(=O)[C@@](OC(=O)c1ccccc1)(C(=O)c1ccccc1)C(OC(=O)c1ccccc1)(C(=O)c1ccccc1)C(O)(C(=O)c1ccccc1)C(O)CO. The predicted molar refractivity (Wildman–Crippen MR) is 209 cm³/mol. The van der Waals surface area contributed by atoms with Gasteiger partial charge in [-0.25, -0.2) is 9.59 Å². The van der Waals surface area contributed by atoms with E-state index in [1.54, 1.807) is 18.2 Å². The van der Waals surface area contributed by atoms with Crippen LogP contribution >= 0.6 is 0 Å². The molecule has 0 aromatic heterocycles. The minimum absolute atomic E-state index is 0.0396. The van der Waals surface area contributed by atoms with Crippen molar-refractivity contribution in [3.63, 3.8) is 0 Å². The lowest BCUT2D eigenvalue weighted by Gasteiger charge is -2.53. The lowest BCUT2D eigenvalue weighted by molar-refractivity contribution is -0.215. The molecule has 0 heterocycles. The van der Waals surface area contributed by atoms with E-state index in [1.807, 2.05) is 6.92 Å². The highest BCUT2D eigenvalue weighted by Gasteiger charge is 2.82. The van der Waals surface area contributed by atoms with E-state index < -0.39 is 82.1 Å². The zero-order valence-electron chi connectivity index (χ0n) is 31.2. The Morgan fingerprint density at radius 1 is 0.526 bits per heavy atom. The summed E-state index contributed by atoms with van der Waals surface area (Å²) in [5.41, 5.74) is -13.5. The second-order valence-corrected chi connectivity index (χ2v) is 13.3. The first-order valence-corrected chi connectivity index (χ1v) is 18.4. The average Bonchev–Trinajstić information content (AvgIpc) is 3.27. The molecule has 0 aliphatic heterocycles. The molecule has 292 valence electrons. The molecule has 11 heteroatoms. The molecule has 0 saturated carbocycles. The fourth-order valence-electron chi connectivity index (χ4n) is 6.78. The van der Waals surface area contributed by atoms with E-state index in [2.05, 4.69) is 0 Å². The molecule has 0 spiro atoms. The number of aliphatic hydroxyl groups is 3. The molecule has 11 nitrogen and oxygen atoms in total. The van der Waals surface area contributed by atoms with Crippen molar-refractivity contribution in [1.82, 2.24) is 0 Å². The second kappa shape index (κ2) is 18.5. The van der Waals surface area contributed by atoms with Crippen molar-refractivity contribution >= 4 is 35.1 Å². The third kappa shape index (κ3) is 7.99. The molecule has 5 aromatic carbocycles. The average molecular weight is 771 g/mol. The number of aliphatic hydroxyl groups excluding tert-OH is 2. The molecule has 0 aliphatic carbocycles. The summed E-state index contributed by atoms with van der Waals surface area (Å²) in [4.78, 5) is 91.5. The maximum absolute atomic E-state index is 15.9. The van der Waals surface area contributed by atoms with Gasteiger partial charge < -0.3 is 24.8 Å². The van der Waals surface area contributed by atoms with E-state index in [0.717, 1.165) is 0 Å². The van der Waals surface area contributed by atoms with Crippen LogP contribution in [0.25, 0.3) is 0 Å². The molecule has 0 fully saturated rings. The number of hydrogen-bond donors (Lipinski definition) is 3. The van der Waals surface area contributed by atoms with Crippen LogP contribution in [-0.2, 0) is 14.3 Å². The second-order valence-electron chi connectivity index (χ2n) is 13.3. The first-order chi connectivity index (χ1) is 27.5. The summed E-state index contributed by atoms with van der Waals surface area (Å²) in [6.07, 6.45) is -2.41. The van der Waals surface area contributed by atoms with Crippen LogP contribution in [-0.4, -0.2) is 79.9 Å². The molecule has 3 N–H and O–H groups in total. The summed E-state index contributed by atoms with van der Waals surface area (Å²) in [6.45, 7) is 0.343. The van der Waals surface area contributed by atoms with Gasteiger partial charge in [0.1, 0.15) is 6.10 Å². The highest BCUT2D eigenvalue weighted by molar-refractivity contribution is 6.28. The number of unbranched alkanes of at least 4 members (excludes halogenated alkanes) is 2. The Bertz CT molecular complexity index is 2180. The molecule has 5 aromatic rings. The minimum Gasteiger partial charge on any atom is -0.438 e. The predicted octanol–water partition coefficient (Wildman–Crippen LogP) is 6.06. The van der Waals surface area contributed by atoms with Crippen molar-refractivity contribution in [2.45, 2.75) is 55.5 Å². The highest BCUT2D eigenvalue weighted by atomic mass is 16.6. The molecule has 0 bridgehead atoms. The molecule has 5 rings (SSSR count). The number of carbonyl (C=O) groups is 6. The van der Waals surface area contributed by atoms with Crippen LogP contribution in [0, 0.1) is 0 Å². The summed E-state index contributed by atoms with van der Waals surface area (Å²) in [6, 6.07) is 34.3. The largest absolute Gasteiger partial charge is 0.438 e. The number of ether oxygens (including phenoxy) is 2. The molecule has 3 unspecified atom stereocenters. The molecular formula is C46H42O11. The fourth-order valence-corrected chi connectivity index (χ4v) is 6.78. The Labute approximate surface area is 329 Å². The van der Waals surface area contributed by atoms with Gasteiger partial charge in [-0.05, 0) is 30.7 Å². The molecule has 0 radical (unpaired) electrons. The minimum atomic E-state index is -4.02. The molecule has 0 saturated heterocycles. The summed E-state index contributed by atoms with van der Waals surface area (Å²) in [5, 5.41) is 36.1. The van der Waals surface area contributed by atoms with Gasteiger partial charge in [0, 0.05) is 23.1 Å². The Kier molecular flexibility index (Phi) is 13.5. The van der Waals surface area contributed by atoms with Crippen LogP contribution in [0.3, 0.4) is 0 Å². The maximum Gasteiger partial charge on any atom is 0.339 e. The van der Waals surface area contributed by atoms with E-state index >= 15 is 19.2 Å². The van der Waals surface area contributed by atoms with Crippen molar-refractivity contribution in [2.24, 2.45) is 0 Å². The molecule has 0 aliphatic rings. The zero-order chi connectivity index (χ0) is 41.1. The van der Waals surface area contributed by atoms with Crippen LogP contribution in [0.2, 0.25) is 0 Å². The number of Topliss-reactive ketones (excluding diaryl/α,β-unsaturated/α-hetero) is 4. The maximum atomic E-state index is 15.9. The molecular weight excluding hydrogens is 728 g/mol. The first-order valence-electron chi connectivity index (χ1n) is 18.4. The van der Waals surface area contributed by atoms with Gasteiger partial charge in [-0.3, -0.25) is 19.2 Å². The summed E-state index contributed by atoms with van der Waals surface area (Å²) < 4.78 is 12.4. The fraction of sp³-hybridized carbons (Fsp3) is 0.217. The number of benzene rings is 5. The topological polar surface area (TPSA) is 182 Å². The van der Waals surface area contributed by atoms with Gasteiger partial charge in [0.25, 0.3) is 11.2 Å². The van der Waals surface area contributed by atoms with E-state index in [1.165, 1.54) is 133 Å². The van der Waals surface area contributed by atoms with Crippen LogP contribution in [0.4, 0.5) is 0 Å². The van der Waals surface area contributed by atoms with E-state index in [-0.39, 0.29) is 23.1 Å². The third-order valence-corrected chi connectivity index (χ3v) is 9.69. The van der Waals surface area contributed by atoms with Gasteiger partial charge in [-0.1, -0.05) is 147 Å². The monoisotopic (exact) mass is 770 g/mol. The number of rotatable bonds is 19. The highest BCUT2D eigenvalue weighted by Crippen LogP contribution is 2.49. The van der Waals surface area contributed by atoms with Gasteiger partial charge in [-0.2, -0.15) is 0 Å². The number of hydrogen-bond acceptors (Lipinski definition) is 11. The van der Waals surface area contributed by atoms with Crippen molar-refractivity contribution in [3.8, 4) is 0 Å². The Morgan fingerprint density at radius 2 is 0.895 bits per heavy atom. The zero-order valence-corrected chi connectivity index (χ0v) is 31.2. The quantitative estimate of drug-likeness (QED) is 0.0384. The summed E-state index contributed by atoms with van der Waals surface area (Å²) in [7, 11) is 0. The number of esters is 2. The Morgan fingerprint density at radius 3 is 1.30 bits per heavy atom. The third-order valence-electron chi connectivity index (χ3n) is 9.69. The molecule has 57 heavy (non-hydrogen) atoms. The van der Waals surface area contributed by atoms with Gasteiger partial charge in [-0.15, -0.1) is 0 Å². The van der Waals surface area contributed by atoms with Gasteiger partial charge >= 0.3 is 11.9 Å². The van der Waals surface area contributed by atoms with Crippen LogP contribution < -0.4 is 0 Å². The van der Waals surface area contributed by atoms with Crippen LogP contribution in [0.15, 0.2) is 152 Å². The Hall–Kier alpha value is -6.40. The standard InChI is InChI=1S/C46H42O11/c1-2-3-9-30-37(48)45(40(51)33-22-12-5-13-23-33,56-42(53)35-26-16-7-17-27-35)46(41(52)34-24-14-6-15-25-34,57-43(54)36-28-18-8-19-29-36)44(55,38(49)31-47)39(50)32-20-10-4-11-21-32/h4-8,10-29,38,47,49,55H,2-3,9,30-31H2,1H3/t38?,44?,45-,46?/m1/s1. The van der Waals surface area contributed by atoms with E-state index in [4.69, 9.17) is 9.47 Å². The Balaban J connectivity index is 2.08. The normalized spacial score (nSPS) is 14.7. The summed E-state index contributed by atoms with van der Waals surface area (Å²) >= 11 is 0. The van der Waals surface area contributed by atoms with E-state index in [0.29, 0.717) is 12.8 Å².